The molecule has 1 heterocycles. The first-order valence-corrected chi connectivity index (χ1v) is 7.30. The van der Waals surface area contributed by atoms with Gasteiger partial charge in [0.25, 0.3) is 5.91 Å². The van der Waals surface area contributed by atoms with Crippen molar-refractivity contribution in [2.75, 3.05) is 11.9 Å². The van der Waals surface area contributed by atoms with Crippen molar-refractivity contribution in [3.05, 3.63) is 47.9 Å². The van der Waals surface area contributed by atoms with Gasteiger partial charge in [0, 0.05) is 5.69 Å². The van der Waals surface area contributed by atoms with E-state index >= 15 is 0 Å². The Labute approximate surface area is 134 Å². The summed E-state index contributed by atoms with van der Waals surface area (Å²) in [5.41, 5.74) is 0.909. The third kappa shape index (κ3) is 4.35. The molecule has 0 aliphatic carbocycles. The second-order valence-electron chi connectivity index (χ2n) is 4.88. The molecule has 23 heavy (non-hydrogen) atoms. The highest BCUT2D eigenvalue weighted by Gasteiger charge is 2.21. The molecular formula is C17H19NO5. The summed E-state index contributed by atoms with van der Waals surface area (Å²) in [7, 11) is 0. The normalized spacial score (nSPS) is 11.6. The molecule has 122 valence electrons. The lowest BCUT2D eigenvalue weighted by Gasteiger charge is -2.13. The van der Waals surface area contributed by atoms with Gasteiger partial charge in [0.05, 0.1) is 12.9 Å². The Morgan fingerprint density at radius 3 is 2.48 bits per heavy atom. The van der Waals surface area contributed by atoms with E-state index in [0.29, 0.717) is 23.6 Å². The van der Waals surface area contributed by atoms with Gasteiger partial charge >= 0.3 is 5.97 Å². The molecule has 1 aromatic carbocycles. The van der Waals surface area contributed by atoms with Crippen LogP contribution in [0.5, 0.6) is 5.75 Å². The Hall–Kier alpha value is -2.76. The summed E-state index contributed by atoms with van der Waals surface area (Å²) in [6.45, 7) is 5.64. The van der Waals surface area contributed by atoms with Crippen LogP contribution in [0.1, 0.15) is 30.0 Å². The summed E-state index contributed by atoms with van der Waals surface area (Å²) in [5.74, 6) is 0.170. The molecule has 0 spiro atoms. The van der Waals surface area contributed by atoms with E-state index in [-0.39, 0.29) is 0 Å². The second kappa shape index (κ2) is 7.49. The third-order valence-corrected chi connectivity index (χ3v) is 3.16. The maximum Gasteiger partial charge on any atom is 0.342 e. The average molecular weight is 317 g/mol. The molecule has 0 aliphatic heterocycles. The number of amides is 1. The summed E-state index contributed by atoms with van der Waals surface area (Å²) in [5, 5.41) is 2.68. The SMILES string of the molecule is CCOc1ccc(NC(=O)[C@@H](C)OC(=O)c2ccoc2C)cc1. The van der Waals surface area contributed by atoms with Crippen molar-refractivity contribution in [1.82, 2.24) is 0 Å². The molecule has 1 aromatic heterocycles. The number of furan rings is 1. The van der Waals surface area contributed by atoms with E-state index in [9.17, 15) is 9.59 Å². The molecular weight excluding hydrogens is 298 g/mol. The Morgan fingerprint density at radius 1 is 1.22 bits per heavy atom. The maximum absolute atomic E-state index is 12.1. The monoisotopic (exact) mass is 317 g/mol. The average Bonchev–Trinajstić information content (AvgIpc) is 2.95. The van der Waals surface area contributed by atoms with Gasteiger partial charge in [-0.1, -0.05) is 0 Å². The molecule has 6 heteroatoms. The first kappa shape index (κ1) is 16.6. The quantitative estimate of drug-likeness (QED) is 0.828. The number of hydrogen-bond donors (Lipinski definition) is 1. The van der Waals surface area contributed by atoms with Gasteiger partial charge in [-0.3, -0.25) is 4.79 Å². The van der Waals surface area contributed by atoms with Crippen molar-refractivity contribution in [2.45, 2.75) is 26.9 Å². The predicted octanol–water partition coefficient (Wildman–Crippen LogP) is 3.17. The van der Waals surface area contributed by atoms with Crippen LogP contribution in [0.2, 0.25) is 0 Å². The largest absolute Gasteiger partial charge is 0.494 e. The minimum Gasteiger partial charge on any atom is -0.494 e. The van der Waals surface area contributed by atoms with E-state index in [1.54, 1.807) is 31.2 Å². The van der Waals surface area contributed by atoms with Crippen molar-refractivity contribution < 1.29 is 23.5 Å². The topological polar surface area (TPSA) is 77.8 Å². The standard InChI is InChI=1S/C17H19NO5/c1-4-21-14-7-5-13(6-8-14)18-16(19)12(3)23-17(20)15-9-10-22-11(15)2/h5-10,12H,4H2,1-3H3,(H,18,19)/t12-/m1/s1. The summed E-state index contributed by atoms with van der Waals surface area (Å²) in [4.78, 5) is 24.0. The van der Waals surface area contributed by atoms with E-state index in [1.807, 2.05) is 6.92 Å². The number of carbonyl (C=O) groups is 2. The number of hydrogen-bond acceptors (Lipinski definition) is 5. The number of esters is 1. The zero-order valence-corrected chi connectivity index (χ0v) is 13.3. The summed E-state index contributed by atoms with van der Waals surface area (Å²) >= 11 is 0. The molecule has 0 fully saturated rings. The van der Waals surface area contributed by atoms with Crippen molar-refractivity contribution in [3.63, 3.8) is 0 Å². The number of rotatable bonds is 6. The Balaban J connectivity index is 1.92. The molecule has 2 aromatic rings. The van der Waals surface area contributed by atoms with E-state index in [1.165, 1.54) is 19.3 Å². The highest BCUT2D eigenvalue weighted by Crippen LogP contribution is 2.16. The maximum atomic E-state index is 12.1. The minimum absolute atomic E-state index is 0.311. The Bertz CT molecular complexity index is 675. The van der Waals surface area contributed by atoms with Crippen LogP contribution in [-0.2, 0) is 9.53 Å². The fourth-order valence-corrected chi connectivity index (χ4v) is 1.92. The predicted molar refractivity (Wildman–Crippen MR) is 84.6 cm³/mol. The fourth-order valence-electron chi connectivity index (χ4n) is 1.92. The van der Waals surface area contributed by atoms with Crippen LogP contribution < -0.4 is 10.1 Å². The number of ether oxygens (including phenoxy) is 2. The lowest BCUT2D eigenvalue weighted by Crippen LogP contribution is -2.30. The zero-order valence-electron chi connectivity index (χ0n) is 13.3. The molecule has 0 aliphatic rings. The zero-order chi connectivity index (χ0) is 16.8. The van der Waals surface area contributed by atoms with E-state index < -0.39 is 18.0 Å². The lowest BCUT2D eigenvalue weighted by molar-refractivity contribution is -0.123. The molecule has 0 radical (unpaired) electrons. The lowest BCUT2D eigenvalue weighted by atomic mass is 10.2. The molecule has 0 saturated heterocycles. The highest BCUT2D eigenvalue weighted by molar-refractivity contribution is 5.97. The van der Waals surface area contributed by atoms with Crippen molar-refractivity contribution in [1.29, 1.82) is 0 Å². The summed E-state index contributed by atoms with van der Waals surface area (Å²) in [6.07, 6.45) is 0.472. The van der Waals surface area contributed by atoms with Gasteiger partial charge in [0.2, 0.25) is 0 Å². The molecule has 0 unspecified atom stereocenters. The Morgan fingerprint density at radius 2 is 1.91 bits per heavy atom. The van der Waals surface area contributed by atoms with Crippen LogP contribution >= 0.6 is 0 Å². The van der Waals surface area contributed by atoms with Crippen molar-refractivity contribution in [3.8, 4) is 5.75 Å². The van der Waals surface area contributed by atoms with Crippen LogP contribution in [-0.4, -0.2) is 24.6 Å². The van der Waals surface area contributed by atoms with Gasteiger partial charge in [-0.05, 0) is 51.1 Å². The first-order valence-electron chi connectivity index (χ1n) is 7.30. The molecule has 1 atom stereocenters. The van der Waals surface area contributed by atoms with Crippen molar-refractivity contribution >= 4 is 17.6 Å². The van der Waals surface area contributed by atoms with E-state index in [0.717, 1.165) is 5.75 Å². The smallest absolute Gasteiger partial charge is 0.342 e. The molecule has 1 amide bonds. The van der Waals surface area contributed by atoms with Gasteiger partial charge < -0.3 is 19.2 Å². The van der Waals surface area contributed by atoms with Crippen LogP contribution in [0.25, 0.3) is 0 Å². The van der Waals surface area contributed by atoms with Crippen LogP contribution in [0.15, 0.2) is 41.0 Å². The molecule has 6 nitrogen and oxygen atoms in total. The van der Waals surface area contributed by atoms with E-state index in [4.69, 9.17) is 13.9 Å². The summed E-state index contributed by atoms with van der Waals surface area (Å²) < 4.78 is 15.5. The number of carbonyl (C=O) groups excluding carboxylic acids is 2. The Kier molecular flexibility index (Phi) is 5.41. The highest BCUT2D eigenvalue weighted by atomic mass is 16.5. The van der Waals surface area contributed by atoms with Crippen LogP contribution in [0.3, 0.4) is 0 Å². The molecule has 0 saturated carbocycles. The van der Waals surface area contributed by atoms with Crippen molar-refractivity contribution in [2.24, 2.45) is 0 Å². The van der Waals surface area contributed by atoms with Crippen LogP contribution in [0.4, 0.5) is 5.69 Å². The van der Waals surface area contributed by atoms with Crippen LogP contribution in [0, 0.1) is 6.92 Å². The minimum atomic E-state index is -0.927. The first-order chi connectivity index (χ1) is 11.0. The van der Waals surface area contributed by atoms with Gasteiger partial charge in [0.15, 0.2) is 6.10 Å². The third-order valence-electron chi connectivity index (χ3n) is 3.16. The van der Waals surface area contributed by atoms with Gasteiger partial charge in [-0.25, -0.2) is 4.79 Å². The summed E-state index contributed by atoms with van der Waals surface area (Å²) in [6, 6.07) is 8.46. The van der Waals surface area contributed by atoms with Gasteiger partial charge in [-0.2, -0.15) is 0 Å². The fraction of sp³-hybridized carbons (Fsp3) is 0.294. The van der Waals surface area contributed by atoms with E-state index in [2.05, 4.69) is 5.32 Å². The second-order valence-corrected chi connectivity index (χ2v) is 4.88. The van der Waals surface area contributed by atoms with Gasteiger partial charge in [-0.15, -0.1) is 0 Å². The number of anilines is 1. The molecule has 0 bridgehead atoms. The number of nitrogens with one attached hydrogen (secondary N) is 1. The molecule has 2 rings (SSSR count). The molecule has 1 N–H and O–H groups in total. The number of benzene rings is 1. The number of aryl methyl sites for hydroxylation is 1. The van der Waals surface area contributed by atoms with Gasteiger partial charge in [0.1, 0.15) is 17.1 Å².